The molecule has 8 heteroatoms. The van der Waals surface area contributed by atoms with E-state index in [9.17, 15) is 14.4 Å². The minimum Gasteiger partial charge on any atom is -0.356 e. The summed E-state index contributed by atoms with van der Waals surface area (Å²) in [6, 6.07) is 9.13. The summed E-state index contributed by atoms with van der Waals surface area (Å²) in [7, 11) is 0. The highest BCUT2D eigenvalue weighted by molar-refractivity contribution is 7.09. The van der Waals surface area contributed by atoms with Crippen molar-refractivity contribution < 1.29 is 14.4 Å². The minimum absolute atomic E-state index is 0.0749. The maximum atomic E-state index is 12.5. The first-order valence-electron chi connectivity index (χ1n) is 10.6. The fourth-order valence-electron chi connectivity index (χ4n) is 3.64. The molecule has 7 nitrogen and oxygen atoms in total. The molecule has 0 fully saturated rings. The first-order valence-corrected chi connectivity index (χ1v) is 11.5. The average molecular weight is 449 g/mol. The van der Waals surface area contributed by atoms with Crippen LogP contribution in [0.25, 0.3) is 11.3 Å². The van der Waals surface area contributed by atoms with Gasteiger partial charge in [0.1, 0.15) is 0 Å². The number of benzene rings is 1. The monoisotopic (exact) mass is 448 g/mol. The lowest BCUT2D eigenvalue weighted by Crippen LogP contribution is -2.32. The van der Waals surface area contributed by atoms with Gasteiger partial charge < -0.3 is 5.32 Å². The number of nitrogens with one attached hydrogen (secondary N) is 1. The number of rotatable bonds is 9. The molecule has 1 aliphatic heterocycles. The van der Waals surface area contributed by atoms with Crippen molar-refractivity contribution in [1.29, 1.82) is 0 Å². The number of carbonyl (C=O) groups is 3. The third-order valence-electron chi connectivity index (χ3n) is 5.33. The van der Waals surface area contributed by atoms with Gasteiger partial charge in [0.2, 0.25) is 5.91 Å². The van der Waals surface area contributed by atoms with Gasteiger partial charge in [-0.15, -0.1) is 11.3 Å². The third-order valence-corrected chi connectivity index (χ3v) is 6.24. The second-order valence-corrected chi connectivity index (χ2v) is 8.67. The molecule has 0 bridgehead atoms. The molecule has 1 N–H and O–H groups in total. The number of thiazole rings is 1. The lowest BCUT2D eigenvalue weighted by Gasteiger charge is -2.13. The highest BCUT2D eigenvalue weighted by Gasteiger charge is 2.34. The molecule has 3 amide bonds. The number of hydrogen-bond donors (Lipinski definition) is 1. The largest absolute Gasteiger partial charge is 0.356 e. The molecule has 4 rings (SSSR count). The number of carbonyl (C=O) groups excluding carboxylic acids is 3. The molecular weight excluding hydrogens is 424 g/mol. The number of imide groups is 1. The average Bonchev–Trinajstić information content (AvgIpc) is 3.36. The van der Waals surface area contributed by atoms with Crippen LogP contribution in [0.5, 0.6) is 0 Å². The molecule has 2 aromatic heterocycles. The smallest absolute Gasteiger partial charge is 0.261 e. The topological polar surface area (TPSA) is 92.3 Å². The molecule has 3 heterocycles. The van der Waals surface area contributed by atoms with Gasteiger partial charge in [-0.05, 0) is 44.0 Å². The van der Waals surface area contributed by atoms with Gasteiger partial charge in [-0.3, -0.25) is 24.3 Å². The molecule has 164 valence electrons. The highest BCUT2D eigenvalue weighted by Crippen LogP contribution is 2.24. The quantitative estimate of drug-likeness (QED) is 0.399. The van der Waals surface area contributed by atoms with E-state index in [2.05, 4.69) is 15.3 Å². The Morgan fingerprint density at radius 3 is 2.66 bits per heavy atom. The normalized spacial score (nSPS) is 12.8. The van der Waals surface area contributed by atoms with Gasteiger partial charge in [0.15, 0.2) is 0 Å². The molecule has 32 heavy (non-hydrogen) atoms. The summed E-state index contributed by atoms with van der Waals surface area (Å²) in [5, 5.41) is 5.97. The number of hydrogen-bond acceptors (Lipinski definition) is 6. The van der Waals surface area contributed by atoms with Crippen molar-refractivity contribution in [3.05, 3.63) is 69.8 Å². The van der Waals surface area contributed by atoms with E-state index < -0.39 is 0 Å². The van der Waals surface area contributed by atoms with E-state index in [-0.39, 0.29) is 30.7 Å². The van der Waals surface area contributed by atoms with Crippen molar-refractivity contribution in [1.82, 2.24) is 20.2 Å². The molecule has 0 radical (unpaired) electrons. The van der Waals surface area contributed by atoms with Crippen LogP contribution in [0, 0.1) is 6.92 Å². The first-order chi connectivity index (χ1) is 15.5. The molecule has 3 aromatic rings. The summed E-state index contributed by atoms with van der Waals surface area (Å²) < 4.78 is 0. The third kappa shape index (κ3) is 4.91. The summed E-state index contributed by atoms with van der Waals surface area (Å²) in [4.78, 5) is 46.9. The van der Waals surface area contributed by atoms with Crippen molar-refractivity contribution in [3.63, 3.8) is 0 Å². The van der Waals surface area contributed by atoms with Crippen LogP contribution >= 0.6 is 11.3 Å². The van der Waals surface area contributed by atoms with Gasteiger partial charge in [0.05, 0.1) is 21.8 Å². The molecule has 0 spiro atoms. The van der Waals surface area contributed by atoms with Crippen LogP contribution in [0.4, 0.5) is 0 Å². The lowest BCUT2D eigenvalue weighted by atomic mass is 10.1. The maximum Gasteiger partial charge on any atom is 0.261 e. The predicted octanol–water partition coefficient (Wildman–Crippen LogP) is 3.64. The standard InChI is InChI=1S/C24H24N4O3S/c1-16-6-7-18-19(14-16)24(31)28(23(18)30)13-3-4-21(29)26-10-2-5-22-27-20(15-32-22)17-8-11-25-12-9-17/h6-9,11-12,14-15H,2-5,10,13H2,1H3,(H,26,29). The zero-order chi connectivity index (χ0) is 22.5. The van der Waals surface area contributed by atoms with Crippen LogP contribution in [0.3, 0.4) is 0 Å². The van der Waals surface area contributed by atoms with Crippen molar-refractivity contribution in [2.45, 2.75) is 32.6 Å². The predicted molar refractivity (Wildman–Crippen MR) is 122 cm³/mol. The van der Waals surface area contributed by atoms with E-state index in [0.717, 1.165) is 34.7 Å². The van der Waals surface area contributed by atoms with Gasteiger partial charge in [-0.1, -0.05) is 11.6 Å². The molecule has 0 unspecified atom stereocenters. The Hall–Kier alpha value is -3.39. The van der Waals surface area contributed by atoms with Crippen molar-refractivity contribution >= 4 is 29.1 Å². The summed E-state index contributed by atoms with van der Waals surface area (Å²) in [6.45, 7) is 2.70. The number of pyridine rings is 1. The van der Waals surface area contributed by atoms with E-state index in [1.54, 1.807) is 35.9 Å². The van der Waals surface area contributed by atoms with E-state index >= 15 is 0 Å². The van der Waals surface area contributed by atoms with Gasteiger partial charge in [-0.2, -0.15) is 0 Å². The fraction of sp³-hybridized carbons (Fsp3) is 0.292. The molecule has 0 aliphatic carbocycles. The number of fused-ring (bicyclic) bond motifs is 1. The zero-order valence-electron chi connectivity index (χ0n) is 17.8. The number of aryl methyl sites for hydroxylation is 2. The van der Waals surface area contributed by atoms with Gasteiger partial charge >= 0.3 is 0 Å². The number of nitrogens with zero attached hydrogens (tertiary/aromatic N) is 3. The van der Waals surface area contributed by atoms with Crippen molar-refractivity contribution in [2.75, 3.05) is 13.1 Å². The first kappa shape index (κ1) is 21.8. The van der Waals surface area contributed by atoms with E-state index in [1.807, 2.05) is 30.5 Å². The van der Waals surface area contributed by atoms with Crippen molar-refractivity contribution in [3.8, 4) is 11.3 Å². The summed E-state index contributed by atoms with van der Waals surface area (Å²) in [5.41, 5.74) is 3.83. The van der Waals surface area contributed by atoms with Crippen LogP contribution in [-0.4, -0.2) is 45.7 Å². The Bertz CT molecular complexity index is 1140. The Morgan fingerprint density at radius 2 is 1.84 bits per heavy atom. The zero-order valence-corrected chi connectivity index (χ0v) is 18.7. The molecule has 1 aliphatic rings. The van der Waals surface area contributed by atoms with E-state index in [4.69, 9.17) is 0 Å². The maximum absolute atomic E-state index is 12.5. The van der Waals surface area contributed by atoms with E-state index in [1.165, 1.54) is 4.90 Å². The molecular formula is C24H24N4O3S. The van der Waals surface area contributed by atoms with Crippen LogP contribution in [-0.2, 0) is 11.2 Å². The van der Waals surface area contributed by atoms with Crippen LogP contribution in [0.2, 0.25) is 0 Å². The number of aromatic nitrogens is 2. The fourth-order valence-corrected chi connectivity index (χ4v) is 4.49. The summed E-state index contributed by atoms with van der Waals surface area (Å²) >= 11 is 1.61. The Balaban J connectivity index is 1.16. The lowest BCUT2D eigenvalue weighted by molar-refractivity contribution is -0.121. The number of amides is 3. The Labute approximate surface area is 190 Å². The molecule has 0 atom stereocenters. The summed E-state index contributed by atoms with van der Waals surface area (Å²) in [6.07, 6.45) is 5.81. The SMILES string of the molecule is Cc1ccc2c(c1)C(=O)N(CCCC(=O)NCCCc1nc(-c3ccncc3)cs1)C2=O. The van der Waals surface area contributed by atoms with Crippen LogP contribution in [0.1, 0.15) is 50.5 Å². The Morgan fingerprint density at radius 1 is 1.06 bits per heavy atom. The van der Waals surface area contributed by atoms with Crippen LogP contribution < -0.4 is 5.32 Å². The van der Waals surface area contributed by atoms with Crippen molar-refractivity contribution in [2.24, 2.45) is 0 Å². The minimum atomic E-state index is -0.278. The van der Waals surface area contributed by atoms with Gasteiger partial charge in [0.25, 0.3) is 11.8 Å². The second-order valence-electron chi connectivity index (χ2n) is 7.73. The second kappa shape index (κ2) is 9.82. The van der Waals surface area contributed by atoms with Gasteiger partial charge in [0, 0.05) is 49.3 Å². The summed E-state index contributed by atoms with van der Waals surface area (Å²) in [5.74, 6) is -0.627. The molecule has 0 saturated carbocycles. The highest BCUT2D eigenvalue weighted by atomic mass is 32.1. The molecule has 0 saturated heterocycles. The van der Waals surface area contributed by atoms with Gasteiger partial charge in [-0.25, -0.2) is 4.98 Å². The Kier molecular flexibility index (Phi) is 6.70. The molecule has 1 aromatic carbocycles. The van der Waals surface area contributed by atoms with Crippen LogP contribution in [0.15, 0.2) is 48.1 Å². The van der Waals surface area contributed by atoms with E-state index in [0.29, 0.717) is 24.1 Å².